The van der Waals surface area contributed by atoms with Crippen molar-refractivity contribution in [3.63, 3.8) is 0 Å². The van der Waals surface area contributed by atoms with Crippen LogP contribution >= 0.6 is 11.3 Å². The van der Waals surface area contributed by atoms with E-state index in [0.29, 0.717) is 40.4 Å². The summed E-state index contributed by atoms with van der Waals surface area (Å²) in [4.78, 5) is 27.4. The molecule has 0 radical (unpaired) electrons. The third-order valence-corrected chi connectivity index (χ3v) is 6.68. The summed E-state index contributed by atoms with van der Waals surface area (Å²) in [6.07, 6.45) is 1.47. The van der Waals surface area contributed by atoms with Gasteiger partial charge in [-0.15, -0.1) is 16.4 Å². The van der Waals surface area contributed by atoms with Crippen LogP contribution in [0.1, 0.15) is 30.7 Å². The van der Waals surface area contributed by atoms with Crippen molar-refractivity contribution in [2.24, 2.45) is 0 Å². The molecule has 0 spiro atoms. The predicted molar refractivity (Wildman–Crippen MR) is 117 cm³/mol. The van der Waals surface area contributed by atoms with Crippen LogP contribution in [-0.4, -0.2) is 40.7 Å². The molecule has 10 heteroatoms. The highest BCUT2D eigenvalue weighted by molar-refractivity contribution is 7.18. The molecule has 0 saturated heterocycles. The zero-order chi connectivity index (χ0) is 22.2. The quantitative estimate of drug-likeness (QED) is 0.623. The van der Waals surface area contributed by atoms with Crippen molar-refractivity contribution in [3.05, 3.63) is 39.0 Å². The van der Waals surface area contributed by atoms with Crippen LogP contribution in [0.2, 0.25) is 0 Å². The molecule has 1 unspecified atom stereocenters. The van der Waals surface area contributed by atoms with E-state index in [1.807, 2.05) is 6.92 Å². The molecule has 1 atom stereocenters. The Labute approximate surface area is 182 Å². The number of benzene rings is 1. The normalized spacial score (nSPS) is 17.9. The molecule has 1 aromatic carbocycles. The first-order chi connectivity index (χ1) is 14.9. The molecule has 9 nitrogen and oxygen atoms in total. The maximum Gasteiger partial charge on any atom is 0.279 e. The lowest BCUT2D eigenvalue weighted by Gasteiger charge is -2.32. The second kappa shape index (κ2) is 8.27. The molecule has 1 aliphatic heterocycles. The fourth-order valence-electron chi connectivity index (χ4n) is 3.58. The van der Waals surface area contributed by atoms with Gasteiger partial charge in [-0.05, 0) is 31.0 Å². The van der Waals surface area contributed by atoms with E-state index < -0.39 is 5.91 Å². The Bertz CT molecular complexity index is 1200. The molecule has 4 rings (SSSR count). The number of aromatic nitrogens is 3. The Kier molecular flexibility index (Phi) is 5.67. The van der Waals surface area contributed by atoms with Crippen LogP contribution in [0.3, 0.4) is 0 Å². The number of ether oxygens (including phenoxy) is 3. The largest absolute Gasteiger partial charge is 0.497 e. The van der Waals surface area contributed by atoms with E-state index in [1.165, 1.54) is 18.4 Å². The average molecular weight is 445 g/mol. The zero-order valence-corrected chi connectivity index (χ0v) is 18.7. The highest BCUT2D eigenvalue weighted by atomic mass is 32.1. The van der Waals surface area contributed by atoms with E-state index in [4.69, 9.17) is 14.2 Å². The second-order valence-electron chi connectivity index (χ2n) is 7.62. The van der Waals surface area contributed by atoms with Crippen LogP contribution in [-0.2, 0) is 29.1 Å². The topological polar surface area (TPSA) is 105 Å². The molecule has 3 aromatic rings. The number of methoxy groups -OCH3 is 2. The van der Waals surface area contributed by atoms with Gasteiger partial charge in [0.1, 0.15) is 18.0 Å². The van der Waals surface area contributed by atoms with Gasteiger partial charge in [-0.2, -0.15) is 0 Å². The smallest absolute Gasteiger partial charge is 0.279 e. The number of amides is 1. The van der Waals surface area contributed by atoms with E-state index in [-0.39, 0.29) is 17.7 Å². The van der Waals surface area contributed by atoms with Crippen LogP contribution in [0.25, 0.3) is 10.2 Å². The van der Waals surface area contributed by atoms with Gasteiger partial charge in [-0.1, -0.05) is 12.1 Å². The van der Waals surface area contributed by atoms with Crippen LogP contribution < -0.4 is 20.3 Å². The van der Waals surface area contributed by atoms with Gasteiger partial charge >= 0.3 is 0 Å². The Morgan fingerprint density at radius 1 is 1.35 bits per heavy atom. The predicted octanol–water partition coefficient (Wildman–Crippen LogP) is 2.75. The monoisotopic (exact) mass is 444 g/mol. The fourth-order valence-corrected chi connectivity index (χ4v) is 4.62. The third-order valence-electron chi connectivity index (χ3n) is 5.59. The van der Waals surface area contributed by atoms with Crippen LogP contribution in [0.5, 0.6) is 11.5 Å². The molecule has 3 heterocycles. The van der Waals surface area contributed by atoms with Gasteiger partial charge in [0.15, 0.2) is 4.83 Å². The SMILES string of the molecule is CCC1(C)Cc2c(sc3nnn(CC(=O)Nc4ccc(OC)cc4OC)c(=O)c23)CO1. The molecule has 0 fully saturated rings. The Morgan fingerprint density at radius 2 is 2.16 bits per heavy atom. The average Bonchev–Trinajstić information content (AvgIpc) is 3.14. The van der Waals surface area contributed by atoms with E-state index in [2.05, 4.69) is 22.6 Å². The van der Waals surface area contributed by atoms with Gasteiger partial charge in [0.05, 0.1) is 37.5 Å². The number of fused-ring (bicyclic) bond motifs is 3. The van der Waals surface area contributed by atoms with Crippen LogP contribution in [0, 0.1) is 0 Å². The minimum Gasteiger partial charge on any atom is -0.497 e. The number of nitrogens with one attached hydrogen (secondary N) is 1. The van der Waals surface area contributed by atoms with Gasteiger partial charge in [-0.3, -0.25) is 9.59 Å². The highest BCUT2D eigenvalue weighted by Crippen LogP contribution is 2.37. The number of hydrogen-bond donors (Lipinski definition) is 1. The van der Waals surface area contributed by atoms with Crippen molar-refractivity contribution in [1.29, 1.82) is 0 Å². The standard InChI is InChI=1S/C21H24N4O5S/c1-5-21(2)9-13-16(11-30-21)31-19-18(13)20(27)25(24-23-19)10-17(26)22-14-7-6-12(28-3)8-15(14)29-4/h6-8H,5,9-11H2,1-4H3,(H,22,26). The molecule has 0 aliphatic carbocycles. The Balaban J connectivity index is 1.61. The minimum absolute atomic E-state index is 0.261. The van der Waals surface area contributed by atoms with E-state index in [0.717, 1.165) is 21.5 Å². The van der Waals surface area contributed by atoms with E-state index in [9.17, 15) is 9.59 Å². The molecule has 1 amide bonds. The van der Waals surface area contributed by atoms with Gasteiger partial charge in [0.2, 0.25) is 5.91 Å². The summed E-state index contributed by atoms with van der Waals surface area (Å²) < 4.78 is 17.5. The van der Waals surface area contributed by atoms with E-state index >= 15 is 0 Å². The summed E-state index contributed by atoms with van der Waals surface area (Å²) >= 11 is 1.42. The summed E-state index contributed by atoms with van der Waals surface area (Å²) in [7, 11) is 3.05. The second-order valence-corrected chi connectivity index (χ2v) is 8.70. The number of carbonyl (C=O) groups is 1. The van der Waals surface area contributed by atoms with Crippen molar-refractivity contribution >= 4 is 33.1 Å². The lowest BCUT2D eigenvalue weighted by molar-refractivity contribution is -0.117. The molecule has 0 saturated carbocycles. The van der Waals surface area contributed by atoms with Gasteiger partial charge in [0, 0.05) is 17.4 Å². The Hall–Kier alpha value is -2.98. The summed E-state index contributed by atoms with van der Waals surface area (Å²) in [6, 6.07) is 5.05. The number of carbonyl (C=O) groups excluding carboxylic acids is 1. The Morgan fingerprint density at radius 3 is 2.87 bits per heavy atom. The summed E-state index contributed by atoms with van der Waals surface area (Å²) in [5.41, 5.74) is 0.796. The number of thiophene rings is 1. The van der Waals surface area contributed by atoms with Crippen LogP contribution in [0.15, 0.2) is 23.0 Å². The number of anilines is 1. The van der Waals surface area contributed by atoms with E-state index in [1.54, 1.807) is 25.3 Å². The maximum absolute atomic E-state index is 13.2. The number of hydrogen-bond acceptors (Lipinski definition) is 8. The molecule has 2 aromatic heterocycles. The zero-order valence-electron chi connectivity index (χ0n) is 17.9. The number of nitrogens with zero attached hydrogens (tertiary/aromatic N) is 3. The molecular weight excluding hydrogens is 420 g/mol. The molecular formula is C21H24N4O5S. The molecule has 1 aliphatic rings. The van der Waals surface area contributed by atoms with Crippen molar-refractivity contribution < 1.29 is 19.0 Å². The summed E-state index contributed by atoms with van der Waals surface area (Å²) in [5, 5.41) is 11.4. The summed E-state index contributed by atoms with van der Waals surface area (Å²) in [6.45, 7) is 4.30. The lowest BCUT2D eigenvalue weighted by atomic mass is 9.90. The lowest BCUT2D eigenvalue weighted by Crippen LogP contribution is -2.35. The minimum atomic E-state index is -0.412. The molecule has 1 N–H and O–H groups in total. The third kappa shape index (κ3) is 4.00. The van der Waals surface area contributed by atoms with Gasteiger partial charge in [-0.25, -0.2) is 4.68 Å². The van der Waals surface area contributed by atoms with Crippen LogP contribution in [0.4, 0.5) is 5.69 Å². The first-order valence-corrected chi connectivity index (χ1v) is 10.7. The van der Waals surface area contributed by atoms with Gasteiger partial charge in [0.25, 0.3) is 5.56 Å². The first kappa shape index (κ1) is 21.3. The highest BCUT2D eigenvalue weighted by Gasteiger charge is 2.33. The van der Waals surface area contributed by atoms with Crippen molar-refractivity contribution in [2.75, 3.05) is 19.5 Å². The fraction of sp³-hybridized carbons (Fsp3) is 0.429. The molecule has 31 heavy (non-hydrogen) atoms. The maximum atomic E-state index is 13.2. The van der Waals surface area contributed by atoms with Crippen molar-refractivity contribution in [3.8, 4) is 11.5 Å². The first-order valence-electron chi connectivity index (χ1n) is 9.91. The molecule has 164 valence electrons. The molecule has 0 bridgehead atoms. The summed E-state index contributed by atoms with van der Waals surface area (Å²) in [5.74, 6) is 0.644. The van der Waals surface area contributed by atoms with Gasteiger partial charge < -0.3 is 19.5 Å². The van der Waals surface area contributed by atoms with Crippen molar-refractivity contribution in [1.82, 2.24) is 15.0 Å². The number of rotatable bonds is 6. The van der Waals surface area contributed by atoms with Crippen molar-refractivity contribution in [2.45, 2.75) is 45.4 Å².